The Hall–Kier alpha value is -2.92. The fraction of sp³-hybridized carbons (Fsp3) is 0.714. The zero-order valence-electron chi connectivity index (χ0n) is 25.3. The van der Waals surface area contributed by atoms with Crippen LogP contribution in [0.15, 0.2) is 23.3 Å². The largest absolute Gasteiger partial charge is 0.454 e. The molecule has 2 fully saturated rings. The predicted octanol–water partition coefficient (Wildman–Crippen LogP) is -0.584. The molecule has 0 bridgehead atoms. The van der Waals surface area contributed by atoms with Crippen LogP contribution in [0.4, 0.5) is 0 Å². The van der Waals surface area contributed by atoms with Crippen LogP contribution in [0.25, 0.3) is 0 Å². The molecule has 2 aliphatic rings. The van der Waals surface area contributed by atoms with Crippen LogP contribution < -0.4 is 0 Å². The summed E-state index contributed by atoms with van der Waals surface area (Å²) in [6, 6.07) is 0. The molecule has 244 valence electrons. The molecule has 15 heteroatoms. The first-order valence-corrected chi connectivity index (χ1v) is 13.8. The minimum Gasteiger partial charge on any atom is -0.454 e. The van der Waals surface area contributed by atoms with E-state index in [4.69, 9.17) is 33.2 Å². The molecule has 0 spiro atoms. The Labute approximate surface area is 249 Å². The van der Waals surface area contributed by atoms with E-state index in [2.05, 4.69) is 0 Å². The highest BCUT2D eigenvalue weighted by molar-refractivity contribution is 5.88. The maximum absolute atomic E-state index is 13.0. The van der Waals surface area contributed by atoms with Crippen LogP contribution in [-0.2, 0) is 52.3 Å². The summed E-state index contributed by atoms with van der Waals surface area (Å²) < 4.78 is 39.5. The summed E-state index contributed by atoms with van der Waals surface area (Å²) in [7, 11) is 0. The molecule has 0 unspecified atom stereocenters. The van der Waals surface area contributed by atoms with Gasteiger partial charge in [-0.2, -0.15) is 0 Å². The van der Waals surface area contributed by atoms with Gasteiger partial charge in [-0.3, -0.25) is 9.59 Å². The van der Waals surface area contributed by atoms with E-state index in [0.29, 0.717) is 0 Å². The summed E-state index contributed by atoms with van der Waals surface area (Å²) in [4.78, 5) is 50.5. The van der Waals surface area contributed by atoms with Crippen LogP contribution in [0, 0.1) is 5.92 Å². The molecule has 2 aliphatic heterocycles. The standard InChI is InChI=1S/C28H42O15/c1-8-14(5)25(35)39-20-18(11-30)38-27(22(41-26(36)15(6)9-2)21(20)40-24(34)13(3)4)43-28(12-31)23(37-16(7)32)19(33)17(10-29)42-28/h8-9,13,17-23,27,29-31,33H,10-12H2,1-7H3/t17-,18-,19-,20-,21+,22-,23+,27-,28+/m1/s1. The van der Waals surface area contributed by atoms with Gasteiger partial charge in [0.25, 0.3) is 0 Å². The normalized spacial score (nSPS) is 33.2. The fourth-order valence-electron chi connectivity index (χ4n) is 4.25. The summed E-state index contributed by atoms with van der Waals surface area (Å²) in [5.41, 5.74) is 0.298. The van der Waals surface area contributed by atoms with Gasteiger partial charge in [0.05, 0.1) is 19.1 Å². The van der Waals surface area contributed by atoms with Crippen molar-refractivity contribution in [3.63, 3.8) is 0 Å². The highest BCUT2D eigenvalue weighted by Crippen LogP contribution is 2.39. The molecule has 2 saturated heterocycles. The van der Waals surface area contributed by atoms with Gasteiger partial charge in [-0.25, -0.2) is 9.59 Å². The highest BCUT2D eigenvalue weighted by atomic mass is 16.8. The Morgan fingerprint density at radius 2 is 1.35 bits per heavy atom. The van der Waals surface area contributed by atoms with Gasteiger partial charge >= 0.3 is 23.9 Å². The minimum atomic E-state index is -2.40. The molecule has 0 aromatic rings. The number of carbonyl (C=O) groups is 4. The number of esters is 4. The Balaban J connectivity index is 2.70. The molecule has 2 rings (SSSR count). The molecule has 15 nitrogen and oxygen atoms in total. The third-order valence-electron chi connectivity index (χ3n) is 6.98. The molecule has 0 aromatic heterocycles. The average Bonchev–Trinajstić information content (AvgIpc) is 3.23. The number of hydrogen-bond donors (Lipinski definition) is 4. The van der Waals surface area contributed by atoms with Crippen LogP contribution >= 0.6 is 0 Å². The van der Waals surface area contributed by atoms with Gasteiger partial charge in [-0.15, -0.1) is 0 Å². The predicted molar refractivity (Wildman–Crippen MR) is 144 cm³/mol. The molecular weight excluding hydrogens is 576 g/mol. The molecule has 0 aromatic carbocycles. The molecule has 2 heterocycles. The molecule has 43 heavy (non-hydrogen) atoms. The lowest BCUT2D eigenvalue weighted by molar-refractivity contribution is -0.384. The lowest BCUT2D eigenvalue weighted by Gasteiger charge is -2.46. The van der Waals surface area contributed by atoms with E-state index in [1.165, 1.54) is 39.8 Å². The van der Waals surface area contributed by atoms with E-state index in [0.717, 1.165) is 6.92 Å². The SMILES string of the molecule is CC=C(C)C(=O)O[C@H]1[C@@H](O[C@]2(CO)O[C@H](CO)[C@@H](O)[C@@H]2OC(C)=O)O[C@H](CO)[C@@H](OC(=O)C(C)=CC)[C@@H]1OC(=O)C(C)C. The van der Waals surface area contributed by atoms with Gasteiger partial charge in [0, 0.05) is 18.1 Å². The maximum Gasteiger partial charge on any atom is 0.333 e. The highest BCUT2D eigenvalue weighted by Gasteiger charge is 2.62. The van der Waals surface area contributed by atoms with Gasteiger partial charge in [0.2, 0.25) is 12.1 Å². The Morgan fingerprint density at radius 3 is 1.79 bits per heavy atom. The Morgan fingerprint density at radius 1 is 0.814 bits per heavy atom. The van der Waals surface area contributed by atoms with Crippen molar-refractivity contribution in [3.8, 4) is 0 Å². The number of allylic oxidation sites excluding steroid dienone is 2. The lowest BCUT2D eigenvalue weighted by Crippen LogP contribution is -2.65. The molecule has 0 aliphatic carbocycles. The van der Waals surface area contributed by atoms with Crippen molar-refractivity contribution < 1.29 is 72.8 Å². The van der Waals surface area contributed by atoms with E-state index in [9.17, 15) is 39.6 Å². The average molecular weight is 619 g/mol. The fourth-order valence-corrected chi connectivity index (χ4v) is 4.25. The molecule has 0 amide bonds. The van der Waals surface area contributed by atoms with E-state index in [1.807, 2.05) is 0 Å². The van der Waals surface area contributed by atoms with Crippen LogP contribution in [0.1, 0.15) is 48.5 Å². The molecule has 4 N–H and O–H groups in total. The number of hydrogen-bond acceptors (Lipinski definition) is 15. The number of carbonyl (C=O) groups excluding carboxylic acids is 4. The topological polar surface area (TPSA) is 214 Å². The van der Waals surface area contributed by atoms with Crippen molar-refractivity contribution in [2.24, 2.45) is 5.92 Å². The van der Waals surface area contributed by atoms with Crippen LogP contribution in [-0.4, -0.2) is 119 Å². The monoisotopic (exact) mass is 618 g/mol. The third kappa shape index (κ3) is 8.38. The van der Waals surface area contributed by atoms with Crippen LogP contribution in [0.5, 0.6) is 0 Å². The van der Waals surface area contributed by atoms with Crippen molar-refractivity contribution in [3.05, 3.63) is 23.3 Å². The van der Waals surface area contributed by atoms with E-state index in [1.54, 1.807) is 13.8 Å². The van der Waals surface area contributed by atoms with Crippen LogP contribution in [0.2, 0.25) is 0 Å². The molecule has 0 saturated carbocycles. The van der Waals surface area contributed by atoms with Gasteiger partial charge in [0.15, 0.2) is 24.4 Å². The first-order valence-electron chi connectivity index (χ1n) is 13.8. The van der Waals surface area contributed by atoms with E-state index in [-0.39, 0.29) is 11.1 Å². The van der Waals surface area contributed by atoms with Crippen LogP contribution in [0.3, 0.4) is 0 Å². The van der Waals surface area contributed by atoms with Gasteiger partial charge in [-0.05, 0) is 27.7 Å². The Kier molecular flexibility index (Phi) is 13.2. The van der Waals surface area contributed by atoms with E-state index < -0.39 is 104 Å². The summed E-state index contributed by atoms with van der Waals surface area (Å²) in [5, 5.41) is 41.1. The lowest BCUT2D eigenvalue weighted by atomic mass is 9.97. The second-order valence-corrected chi connectivity index (χ2v) is 10.4. The quantitative estimate of drug-likeness (QED) is 0.122. The minimum absolute atomic E-state index is 0.123. The maximum atomic E-state index is 13.0. The van der Waals surface area contributed by atoms with Gasteiger partial charge < -0.3 is 53.6 Å². The molecular formula is C28H42O15. The van der Waals surface area contributed by atoms with Crippen molar-refractivity contribution in [2.75, 3.05) is 19.8 Å². The Bertz CT molecular complexity index is 1070. The number of aliphatic hydroxyl groups is 4. The van der Waals surface area contributed by atoms with Gasteiger partial charge in [-0.1, -0.05) is 26.0 Å². The summed E-state index contributed by atoms with van der Waals surface area (Å²) in [6.45, 7) is 7.48. The summed E-state index contributed by atoms with van der Waals surface area (Å²) >= 11 is 0. The zero-order valence-corrected chi connectivity index (χ0v) is 25.3. The van der Waals surface area contributed by atoms with Crippen molar-refractivity contribution in [2.45, 2.75) is 103 Å². The third-order valence-corrected chi connectivity index (χ3v) is 6.98. The first-order chi connectivity index (χ1) is 20.2. The second kappa shape index (κ2) is 15.7. The number of aliphatic hydroxyl groups excluding tert-OH is 4. The van der Waals surface area contributed by atoms with Crippen molar-refractivity contribution in [1.29, 1.82) is 0 Å². The van der Waals surface area contributed by atoms with Crippen molar-refractivity contribution >= 4 is 23.9 Å². The van der Waals surface area contributed by atoms with Crippen molar-refractivity contribution in [1.82, 2.24) is 0 Å². The molecule has 9 atom stereocenters. The van der Waals surface area contributed by atoms with Gasteiger partial charge in [0.1, 0.15) is 24.9 Å². The summed E-state index contributed by atoms with van der Waals surface area (Å²) in [6.07, 6.45) is -10.1. The number of ether oxygens (including phenoxy) is 7. The summed E-state index contributed by atoms with van der Waals surface area (Å²) in [5.74, 6) is -6.55. The smallest absolute Gasteiger partial charge is 0.333 e. The van der Waals surface area contributed by atoms with E-state index >= 15 is 0 Å². The number of rotatable bonds is 12. The zero-order chi connectivity index (χ0) is 32.6. The first kappa shape index (κ1) is 36.3. The second-order valence-electron chi connectivity index (χ2n) is 10.4. The molecule has 0 radical (unpaired) electrons.